The van der Waals surface area contributed by atoms with Gasteiger partial charge in [-0.05, 0) is 62.6 Å². The molecule has 0 aliphatic rings. The molecule has 4 nitrogen and oxygen atoms in total. The molecule has 246 valence electrons. The minimum absolute atomic E-state index is 0.675. The molecular formula is C49H29N3O. The molecule has 0 saturated carbocycles. The summed E-state index contributed by atoms with van der Waals surface area (Å²) in [5.41, 5.74) is 9.00. The molecule has 0 saturated heterocycles. The summed E-state index contributed by atoms with van der Waals surface area (Å²) in [6.45, 7) is 0. The first-order valence-corrected chi connectivity index (χ1v) is 17.9. The summed E-state index contributed by atoms with van der Waals surface area (Å²) in [5, 5.41) is 10.6. The monoisotopic (exact) mass is 675 g/mol. The first kappa shape index (κ1) is 29.5. The Morgan fingerprint density at radius 1 is 0.340 bits per heavy atom. The van der Waals surface area contributed by atoms with E-state index < -0.39 is 0 Å². The summed E-state index contributed by atoms with van der Waals surface area (Å²) < 4.78 is 6.55. The lowest BCUT2D eigenvalue weighted by Gasteiger charge is -2.13. The van der Waals surface area contributed by atoms with Gasteiger partial charge in [0.05, 0.1) is 16.9 Å². The minimum atomic E-state index is 0.675. The van der Waals surface area contributed by atoms with Crippen molar-refractivity contribution >= 4 is 65.2 Å². The van der Waals surface area contributed by atoms with Gasteiger partial charge in [0.1, 0.15) is 11.3 Å². The summed E-state index contributed by atoms with van der Waals surface area (Å²) in [6.07, 6.45) is 0. The van der Waals surface area contributed by atoms with Crippen LogP contribution in [0.25, 0.3) is 110 Å². The summed E-state index contributed by atoms with van der Waals surface area (Å²) in [7, 11) is 0. The van der Waals surface area contributed by atoms with Gasteiger partial charge >= 0.3 is 0 Å². The fraction of sp³-hybridized carbons (Fsp3) is 0. The molecule has 0 fully saturated rings. The molecule has 11 aromatic rings. The summed E-state index contributed by atoms with van der Waals surface area (Å²) >= 11 is 0. The number of nitrogens with zero attached hydrogens (tertiary/aromatic N) is 3. The maximum atomic E-state index is 6.55. The molecule has 0 aliphatic carbocycles. The highest BCUT2D eigenvalue weighted by Gasteiger charge is 2.19. The van der Waals surface area contributed by atoms with E-state index in [1.54, 1.807) is 0 Å². The Balaban J connectivity index is 1.12. The first-order valence-electron chi connectivity index (χ1n) is 17.9. The number of fused-ring (bicyclic) bond motifs is 11. The largest absolute Gasteiger partial charge is 0.454 e. The van der Waals surface area contributed by atoms with Crippen LogP contribution < -0.4 is 0 Å². The average molecular weight is 676 g/mol. The molecule has 0 aliphatic heterocycles. The Kier molecular flexibility index (Phi) is 6.52. The zero-order valence-corrected chi connectivity index (χ0v) is 28.5. The maximum absolute atomic E-state index is 6.55. The van der Waals surface area contributed by atoms with Gasteiger partial charge in [0.2, 0.25) is 0 Å². The van der Waals surface area contributed by atoms with Crippen molar-refractivity contribution < 1.29 is 4.42 Å². The lowest BCUT2D eigenvalue weighted by molar-refractivity contribution is 0.669. The zero-order valence-electron chi connectivity index (χ0n) is 28.5. The van der Waals surface area contributed by atoms with E-state index in [0.29, 0.717) is 5.82 Å². The predicted molar refractivity (Wildman–Crippen MR) is 219 cm³/mol. The SMILES string of the molecule is c1ccc(-c2cc(-c3cccc(-c4nc5ccccc5c5c4oc4ccccc45)c3)nc(-c3ccc4c5ccccc5c5ccccc5c4c3)n2)cc1. The van der Waals surface area contributed by atoms with Gasteiger partial charge in [-0.1, -0.05) is 146 Å². The van der Waals surface area contributed by atoms with Gasteiger partial charge in [-0.25, -0.2) is 15.0 Å². The lowest BCUT2D eigenvalue weighted by atomic mass is 9.93. The molecular weight excluding hydrogens is 647 g/mol. The van der Waals surface area contributed by atoms with Crippen LogP contribution in [-0.4, -0.2) is 15.0 Å². The molecule has 11 rings (SSSR count). The second-order valence-corrected chi connectivity index (χ2v) is 13.5. The van der Waals surface area contributed by atoms with Gasteiger partial charge in [-0.3, -0.25) is 0 Å². The fourth-order valence-corrected chi connectivity index (χ4v) is 7.98. The Morgan fingerprint density at radius 3 is 1.66 bits per heavy atom. The third-order valence-electron chi connectivity index (χ3n) is 10.4. The van der Waals surface area contributed by atoms with E-state index in [4.69, 9.17) is 19.4 Å². The molecule has 8 aromatic carbocycles. The highest BCUT2D eigenvalue weighted by Crippen LogP contribution is 2.41. The third kappa shape index (κ3) is 4.73. The minimum Gasteiger partial charge on any atom is -0.454 e. The summed E-state index contributed by atoms with van der Waals surface area (Å²) in [5.74, 6) is 0.675. The number of hydrogen-bond donors (Lipinski definition) is 0. The Bertz CT molecular complexity index is 3200. The van der Waals surface area contributed by atoms with E-state index in [1.807, 2.05) is 24.3 Å². The quantitative estimate of drug-likeness (QED) is 0.174. The van der Waals surface area contributed by atoms with Gasteiger partial charge in [0.25, 0.3) is 0 Å². The molecule has 53 heavy (non-hydrogen) atoms. The van der Waals surface area contributed by atoms with Gasteiger partial charge in [0, 0.05) is 38.4 Å². The molecule has 0 bridgehead atoms. The molecule has 3 heterocycles. The van der Waals surface area contributed by atoms with E-state index in [-0.39, 0.29) is 0 Å². The molecule has 4 heteroatoms. The molecule has 0 unspecified atom stereocenters. The summed E-state index contributed by atoms with van der Waals surface area (Å²) in [4.78, 5) is 15.6. The van der Waals surface area contributed by atoms with Crippen LogP contribution >= 0.6 is 0 Å². The van der Waals surface area contributed by atoms with Gasteiger partial charge in [0.15, 0.2) is 11.4 Å². The van der Waals surface area contributed by atoms with E-state index in [2.05, 4.69) is 152 Å². The maximum Gasteiger partial charge on any atom is 0.162 e. The second kappa shape index (κ2) is 11.7. The van der Waals surface area contributed by atoms with Crippen molar-refractivity contribution in [3.8, 4) is 45.2 Å². The summed E-state index contributed by atoms with van der Waals surface area (Å²) in [6, 6.07) is 61.3. The van der Waals surface area contributed by atoms with Crippen LogP contribution in [0.4, 0.5) is 0 Å². The Morgan fingerprint density at radius 2 is 0.906 bits per heavy atom. The van der Waals surface area contributed by atoms with E-state index in [1.165, 1.54) is 32.3 Å². The van der Waals surface area contributed by atoms with Crippen molar-refractivity contribution in [3.63, 3.8) is 0 Å². The van der Waals surface area contributed by atoms with Crippen LogP contribution in [0.1, 0.15) is 0 Å². The van der Waals surface area contributed by atoms with Gasteiger partial charge in [-0.15, -0.1) is 0 Å². The van der Waals surface area contributed by atoms with Crippen LogP contribution in [0.3, 0.4) is 0 Å². The molecule has 0 N–H and O–H groups in total. The number of para-hydroxylation sites is 2. The second-order valence-electron chi connectivity index (χ2n) is 13.5. The van der Waals surface area contributed by atoms with Crippen LogP contribution in [-0.2, 0) is 0 Å². The number of pyridine rings is 1. The topological polar surface area (TPSA) is 51.8 Å². The van der Waals surface area contributed by atoms with Crippen molar-refractivity contribution in [2.24, 2.45) is 0 Å². The standard InChI is InChI=1S/C49H29N3O/c1-2-13-30(14-3-1)43-29-44(52-49(51-43)33-25-26-38-36-19-5-4-17-34(36)35-18-6-7-20-37(35)41(38)28-33)31-15-12-16-32(27-31)47-48-46(39-21-8-10-23-42(39)50-47)40-22-9-11-24-45(40)53-48/h1-29H. The van der Waals surface area contributed by atoms with Crippen LogP contribution in [0.5, 0.6) is 0 Å². The van der Waals surface area contributed by atoms with Crippen molar-refractivity contribution in [3.05, 3.63) is 176 Å². The van der Waals surface area contributed by atoms with Gasteiger partial charge in [-0.2, -0.15) is 0 Å². The lowest BCUT2D eigenvalue weighted by Crippen LogP contribution is -1.96. The van der Waals surface area contributed by atoms with Crippen LogP contribution in [0.15, 0.2) is 180 Å². The van der Waals surface area contributed by atoms with Crippen molar-refractivity contribution in [1.29, 1.82) is 0 Å². The fourth-order valence-electron chi connectivity index (χ4n) is 7.98. The Hall–Kier alpha value is -7.17. The molecule has 3 aromatic heterocycles. The zero-order chi connectivity index (χ0) is 34.9. The van der Waals surface area contributed by atoms with Crippen LogP contribution in [0, 0.1) is 0 Å². The van der Waals surface area contributed by atoms with E-state index in [0.717, 1.165) is 72.2 Å². The van der Waals surface area contributed by atoms with Crippen molar-refractivity contribution in [1.82, 2.24) is 15.0 Å². The third-order valence-corrected chi connectivity index (χ3v) is 10.4. The molecule has 0 radical (unpaired) electrons. The molecule has 0 amide bonds. The highest BCUT2D eigenvalue weighted by molar-refractivity contribution is 6.26. The number of furan rings is 1. The first-order chi connectivity index (χ1) is 26.3. The Labute approximate surface area is 304 Å². The number of benzene rings is 8. The predicted octanol–water partition coefficient (Wildman–Crippen LogP) is 13.1. The van der Waals surface area contributed by atoms with E-state index in [9.17, 15) is 0 Å². The molecule has 0 spiro atoms. The average Bonchev–Trinajstić information content (AvgIpc) is 3.64. The van der Waals surface area contributed by atoms with E-state index >= 15 is 0 Å². The number of aromatic nitrogens is 3. The van der Waals surface area contributed by atoms with Crippen molar-refractivity contribution in [2.45, 2.75) is 0 Å². The molecule has 0 atom stereocenters. The van der Waals surface area contributed by atoms with Gasteiger partial charge < -0.3 is 4.42 Å². The number of rotatable bonds is 4. The van der Waals surface area contributed by atoms with Crippen molar-refractivity contribution in [2.75, 3.05) is 0 Å². The highest BCUT2D eigenvalue weighted by atomic mass is 16.3. The normalized spacial score (nSPS) is 11.8. The number of hydrogen-bond acceptors (Lipinski definition) is 4. The van der Waals surface area contributed by atoms with Crippen LogP contribution in [0.2, 0.25) is 0 Å². The smallest absolute Gasteiger partial charge is 0.162 e.